The van der Waals surface area contributed by atoms with E-state index in [0.29, 0.717) is 12.1 Å². The highest BCUT2D eigenvalue weighted by Gasteiger charge is 2.22. The monoisotopic (exact) mass is 382 g/mol. The molecule has 0 aliphatic heterocycles. The molecule has 8 heteroatoms. The Kier molecular flexibility index (Phi) is 5.97. The SMILES string of the molecule is CCc1cccc(C)c1NC(=O)CN(c1ccc(F)c(F)c1)S(C)(=O)=O. The molecule has 140 valence electrons. The lowest BCUT2D eigenvalue weighted by atomic mass is 10.1. The van der Waals surface area contributed by atoms with Crippen molar-refractivity contribution in [2.45, 2.75) is 20.3 Å². The molecule has 0 atom stereocenters. The van der Waals surface area contributed by atoms with Crippen LogP contribution in [-0.2, 0) is 21.2 Å². The molecular formula is C18H20F2N2O3S. The van der Waals surface area contributed by atoms with Crippen LogP contribution in [0.3, 0.4) is 0 Å². The maximum atomic E-state index is 13.5. The van der Waals surface area contributed by atoms with Crippen LogP contribution in [0.4, 0.5) is 20.2 Å². The molecule has 0 aliphatic rings. The number of nitrogens with one attached hydrogen (secondary N) is 1. The summed E-state index contributed by atoms with van der Waals surface area (Å²) in [7, 11) is -3.88. The van der Waals surface area contributed by atoms with Gasteiger partial charge in [0.2, 0.25) is 15.9 Å². The topological polar surface area (TPSA) is 66.5 Å². The van der Waals surface area contributed by atoms with E-state index in [1.54, 1.807) is 0 Å². The molecule has 0 aromatic heterocycles. The van der Waals surface area contributed by atoms with E-state index in [1.807, 2.05) is 32.0 Å². The Morgan fingerprint density at radius 3 is 2.42 bits per heavy atom. The van der Waals surface area contributed by atoms with Gasteiger partial charge in [0.15, 0.2) is 11.6 Å². The van der Waals surface area contributed by atoms with E-state index in [1.165, 1.54) is 0 Å². The summed E-state index contributed by atoms with van der Waals surface area (Å²) in [5, 5.41) is 2.72. The number of anilines is 2. The van der Waals surface area contributed by atoms with Crippen molar-refractivity contribution in [2.75, 3.05) is 22.4 Å². The van der Waals surface area contributed by atoms with E-state index >= 15 is 0 Å². The van der Waals surface area contributed by atoms with Crippen LogP contribution in [0.25, 0.3) is 0 Å². The van der Waals surface area contributed by atoms with Crippen LogP contribution in [0.2, 0.25) is 0 Å². The van der Waals surface area contributed by atoms with Crippen molar-refractivity contribution < 1.29 is 22.0 Å². The van der Waals surface area contributed by atoms with Crippen molar-refractivity contribution >= 4 is 27.3 Å². The van der Waals surface area contributed by atoms with Crippen LogP contribution in [0, 0.1) is 18.6 Å². The second-order valence-corrected chi connectivity index (χ2v) is 7.79. The molecule has 0 fully saturated rings. The number of sulfonamides is 1. The summed E-state index contributed by atoms with van der Waals surface area (Å²) in [5.41, 5.74) is 2.26. The number of hydrogen-bond donors (Lipinski definition) is 1. The number of aryl methyl sites for hydroxylation is 2. The molecule has 5 nitrogen and oxygen atoms in total. The summed E-state index contributed by atoms with van der Waals surface area (Å²) in [6.07, 6.45) is 1.59. The third-order valence-corrected chi connectivity index (χ3v) is 5.02. The van der Waals surface area contributed by atoms with Crippen molar-refractivity contribution in [1.82, 2.24) is 0 Å². The molecule has 0 aliphatic carbocycles. The largest absolute Gasteiger partial charge is 0.324 e. The molecule has 2 rings (SSSR count). The fraction of sp³-hybridized carbons (Fsp3) is 0.278. The fourth-order valence-corrected chi connectivity index (χ4v) is 3.40. The first-order valence-corrected chi connectivity index (χ1v) is 9.79. The second kappa shape index (κ2) is 7.82. The fourth-order valence-electron chi connectivity index (χ4n) is 2.55. The number of para-hydroxylation sites is 1. The molecule has 0 heterocycles. The zero-order valence-electron chi connectivity index (χ0n) is 14.7. The van der Waals surface area contributed by atoms with Crippen molar-refractivity contribution in [2.24, 2.45) is 0 Å². The predicted molar refractivity (Wildman–Crippen MR) is 97.7 cm³/mol. The normalized spacial score (nSPS) is 11.3. The molecule has 26 heavy (non-hydrogen) atoms. The minimum absolute atomic E-state index is 0.123. The smallest absolute Gasteiger partial charge is 0.245 e. The number of benzene rings is 2. The van der Waals surface area contributed by atoms with Gasteiger partial charge in [-0.15, -0.1) is 0 Å². The zero-order chi connectivity index (χ0) is 19.5. The van der Waals surface area contributed by atoms with Gasteiger partial charge < -0.3 is 5.32 Å². The zero-order valence-corrected chi connectivity index (χ0v) is 15.5. The van der Waals surface area contributed by atoms with E-state index < -0.39 is 34.1 Å². The van der Waals surface area contributed by atoms with Crippen LogP contribution in [-0.4, -0.2) is 27.1 Å². The number of nitrogens with zero attached hydrogens (tertiary/aromatic N) is 1. The molecular weight excluding hydrogens is 362 g/mol. The van der Waals surface area contributed by atoms with Gasteiger partial charge in [0.1, 0.15) is 6.54 Å². The standard InChI is InChI=1S/C18H20F2N2O3S/c1-4-13-7-5-6-12(2)18(13)21-17(23)11-22(26(3,24)25)14-8-9-15(19)16(20)10-14/h5-10H,4,11H2,1-3H3,(H,21,23). The van der Waals surface area contributed by atoms with Gasteiger partial charge >= 0.3 is 0 Å². The van der Waals surface area contributed by atoms with E-state index in [2.05, 4.69) is 5.32 Å². The van der Waals surface area contributed by atoms with Gasteiger partial charge in [-0.05, 0) is 36.6 Å². The van der Waals surface area contributed by atoms with Gasteiger partial charge in [-0.3, -0.25) is 9.10 Å². The lowest BCUT2D eigenvalue weighted by Crippen LogP contribution is -2.37. The summed E-state index contributed by atoms with van der Waals surface area (Å²) in [5.74, 6) is -2.87. The molecule has 1 N–H and O–H groups in total. The molecule has 0 saturated heterocycles. The van der Waals surface area contributed by atoms with Crippen molar-refractivity contribution in [3.8, 4) is 0 Å². The first-order valence-electron chi connectivity index (χ1n) is 7.94. The van der Waals surface area contributed by atoms with Gasteiger partial charge in [0, 0.05) is 11.8 Å². The highest BCUT2D eigenvalue weighted by molar-refractivity contribution is 7.92. The molecule has 0 saturated carbocycles. The number of rotatable bonds is 6. The van der Waals surface area contributed by atoms with Crippen LogP contribution in [0.15, 0.2) is 36.4 Å². The number of amides is 1. The maximum absolute atomic E-state index is 13.5. The van der Waals surface area contributed by atoms with Gasteiger partial charge in [0.25, 0.3) is 0 Å². The Bertz CT molecular complexity index is 930. The van der Waals surface area contributed by atoms with Gasteiger partial charge in [-0.2, -0.15) is 0 Å². The Morgan fingerprint density at radius 1 is 1.15 bits per heavy atom. The Morgan fingerprint density at radius 2 is 1.85 bits per heavy atom. The summed E-state index contributed by atoms with van der Waals surface area (Å²) in [4.78, 5) is 12.4. The van der Waals surface area contributed by atoms with E-state index in [0.717, 1.165) is 39.9 Å². The predicted octanol–water partition coefficient (Wildman–Crippen LogP) is 3.24. The Labute approximate surface area is 151 Å². The van der Waals surface area contributed by atoms with E-state index in [9.17, 15) is 22.0 Å². The van der Waals surface area contributed by atoms with E-state index in [-0.39, 0.29) is 5.69 Å². The van der Waals surface area contributed by atoms with Gasteiger partial charge in [0.05, 0.1) is 11.9 Å². The van der Waals surface area contributed by atoms with Crippen LogP contribution in [0.1, 0.15) is 18.1 Å². The van der Waals surface area contributed by atoms with Crippen LogP contribution in [0.5, 0.6) is 0 Å². The molecule has 1 amide bonds. The summed E-state index contributed by atoms with van der Waals surface area (Å²) in [6, 6.07) is 8.24. The summed E-state index contributed by atoms with van der Waals surface area (Å²) in [6.45, 7) is 3.22. The van der Waals surface area contributed by atoms with E-state index in [4.69, 9.17) is 0 Å². The summed E-state index contributed by atoms with van der Waals surface area (Å²) >= 11 is 0. The number of carbonyl (C=O) groups is 1. The average molecular weight is 382 g/mol. The Balaban J connectivity index is 2.30. The number of hydrogen-bond acceptors (Lipinski definition) is 3. The first kappa shape index (κ1) is 19.8. The minimum Gasteiger partial charge on any atom is -0.324 e. The lowest BCUT2D eigenvalue weighted by molar-refractivity contribution is -0.114. The first-order chi connectivity index (χ1) is 12.1. The number of halogens is 2. The van der Waals surface area contributed by atoms with Crippen LogP contribution < -0.4 is 9.62 Å². The second-order valence-electron chi connectivity index (χ2n) is 5.88. The highest BCUT2D eigenvalue weighted by atomic mass is 32.2. The quantitative estimate of drug-likeness (QED) is 0.834. The van der Waals surface area contributed by atoms with Crippen molar-refractivity contribution in [1.29, 1.82) is 0 Å². The summed E-state index contributed by atoms with van der Waals surface area (Å²) < 4.78 is 51.4. The van der Waals surface area contributed by atoms with Gasteiger partial charge in [-0.25, -0.2) is 17.2 Å². The molecule has 0 radical (unpaired) electrons. The third kappa shape index (κ3) is 4.57. The lowest BCUT2D eigenvalue weighted by Gasteiger charge is -2.22. The number of carbonyl (C=O) groups excluding carboxylic acids is 1. The third-order valence-electron chi connectivity index (χ3n) is 3.88. The average Bonchev–Trinajstić information content (AvgIpc) is 2.56. The van der Waals surface area contributed by atoms with Gasteiger partial charge in [-0.1, -0.05) is 25.1 Å². The highest BCUT2D eigenvalue weighted by Crippen LogP contribution is 2.23. The molecule has 2 aromatic carbocycles. The van der Waals surface area contributed by atoms with Crippen molar-refractivity contribution in [3.63, 3.8) is 0 Å². The molecule has 0 bridgehead atoms. The van der Waals surface area contributed by atoms with Crippen LogP contribution >= 0.6 is 0 Å². The van der Waals surface area contributed by atoms with Crippen molar-refractivity contribution in [3.05, 3.63) is 59.2 Å². The maximum Gasteiger partial charge on any atom is 0.245 e. The minimum atomic E-state index is -3.88. The Hall–Kier alpha value is -2.48. The molecule has 0 spiro atoms. The molecule has 0 unspecified atom stereocenters. The molecule has 2 aromatic rings.